The van der Waals surface area contributed by atoms with E-state index < -0.39 is 0 Å². The zero-order valence-corrected chi connectivity index (χ0v) is 12.2. The molecule has 2 N–H and O–H groups in total. The second-order valence-corrected chi connectivity index (χ2v) is 5.20. The number of halogens is 1. The Labute approximate surface area is 120 Å². The summed E-state index contributed by atoms with van der Waals surface area (Å²) in [6.45, 7) is 1.18. The molecule has 1 aliphatic carbocycles. The van der Waals surface area contributed by atoms with E-state index in [0.29, 0.717) is 23.8 Å². The third-order valence-corrected chi connectivity index (χ3v) is 3.71. The fourth-order valence-electron chi connectivity index (χ4n) is 2.66. The molecule has 0 atom stereocenters. The Morgan fingerprint density at radius 3 is 2.68 bits per heavy atom. The van der Waals surface area contributed by atoms with Gasteiger partial charge in [0.1, 0.15) is 12.0 Å². The van der Waals surface area contributed by atoms with Crippen LogP contribution in [-0.2, 0) is 6.54 Å². The molecule has 1 fully saturated rings. The molecule has 0 unspecified atom stereocenters. The van der Waals surface area contributed by atoms with Crippen molar-refractivity contribution in [2.75, 3.05) is 13.6 Å². The summed E-state index contributed by atoms with van der Waals surface area (Å²) in [5.74, 6) is 1.35. The minimum Gasteiger partial charge on any atom is -0.467 e. The van der Waals surface area contributed by atoms with Gasteiger partial charge in [0.15, 0.2) is 0 Å². The van der Waals surface area contributed by atoms with Crippen molar-refractivity contribution in [2.24, 2.45) is 11.7 Å². The minimum atomic E-state index is 0. The Morgan fingerprint density at radius 2 is 2.11 bits per heavy atom. The number of nitrogens with zero attached hydrogens (tertiary/aromatic N) is 1. The van der Waals surface area contributed by atoms with Crippen molar-refractivity contribution in [1.29, 1.82) is 0 Å². The first kappa shape index (κ1) is 16.1. The van der Waals surface area contributed by atoms with E-state index in [9.17, 15) is 4.79 Å². The van der Waals surface area contributed by atoms with Crippen LogP contribution in [0.25, 0.3) is 0 Å². The predicted molar refractivity (Wildman–Crippen MR) is 77.4 cm³/mol. The highest BCUT2D eigenvalue weighted by Crippen LogP contribution is 2.24. The Hall–Kier alpha value is -1.00. The van der Waals surface area contributed by atoms with Crippen LogP contribution in [0.4, 0.5) is 0 Å². The van der Waals surface area contributed by atoms with Crippen LogP contribution in [0.2, 0.25) is 0 Å². The molecule has 108 valence electrons. The molecule has 4 nitrogen and oxygen atoms in total. The van der Waals surface area contributed by atoms with E-state index in [1.165, 1.54) is 38.4 Å². The van der Waals surface area contributed by atoms with Crippen molar-refractivity contribution in [1.82, 2.24) is 4.90 Å². The first-order chi connectivity index (χ1) is 8.70. The number of carbonyl (C=O) groups is 1. The quantitative estimate of drug-likeness (QED) is 0.926. The van der Waals surface area contributed by atoms with Crippen LogP contribution in [-0.4, -0.2) is 24.4 Å². The van der Waals surface area contributed by atoms with Crippen molar-refractivity contribution in [2.45, 2.75) is 38.6 Å². The van der Waals surface area contributed by atoms with Gasteiger partial charge in [0.05, 0.1) is 12.1 Å². The van der Waals surface area contributed by atoms with E-state index in [-0.39, 0.29) is 18.3 Å². The number of nitrogens with two attached hydrogens (primary N) is 1. The van der Waals surface area contributed by atoms with Gasteiger partial charge in [-0.2, -0.15) is 0 Å². The molecule has 1 heterocycles. The van der Waals surface area contributed by atoms with Gasteiger partial charge < -0.3 is 15.1 Å². The third-order valence-electron chi connectivity index (χ3n) is 3.71. The van der Waals surface area contributed by atoms with Crippen molar-refractivity contribution < 1.29 is 9.21 Å². The zero-order valence-electron chi connectivity index (χ0n) is 11.4. The first-order valence-corrected chi connectivity index (χ1v) is 6.73. The number of carbonyl (C=O) groups excluding carboxylic acids is 1. The average Bonchev–Trinajstić information content (AvgIpc) is 2.87. The molecule has 5 heteroatoms. The van der Waals surface area contributed by atoms with E-state index in [2.05, 4.69) is 0 Å². The molecular formula is C14H23ClN2O2. The summed E-state index contributed by atoms with van der Waals surface area (Å²) < 4.78 is 5.20. The Morgan fingerprint density at radius 1 is 1.42 bits per heavy atom. The highest BCUT2D eigenvalue weighted by atomic mass is 35.5. The van der Waals surface area contributed by atoms with E-state index >= 15 is 0 Å². The zero-order chi connectivity index (χ0) is 13.0. The lowest BCUT2D eigenvalue weighted by Crippen LogP contribution is -2.32. The molecule has 1 aromatic rings. The fourth-order valence-corrected chi connectivity index (χ4v) is 2.66. The molecule has 0 radical (unpaired) electrons. The number of amides is 1. The second-order valence-electron chi connectivity index (χ2n) is 5.20. The first-order valence-electron chi connectivity index (χ1n) is 6.73. The van der Waals surface area contributed by atoms with Crippen LogP contribution in [0.15, 0.2) is 16.7 Å². The molecule has 19 heavy (non-hydrogen) atoms. The van der Waals surface area contributed by atoms with Crippen LogP contribution in [0.3, 0.4) is 0 Å². The Balaban J connectivity index is 0.00000180. The number of furan rings is 1. The molecular weight excluding hydrogens is 264 g/mol. The minimum absolute atomic E-state index is 0. The lowest BCUT2D eigenvalue weighted by atomic mass is 9.89. The van der Waals surface area contributed by atoms with Gasteiger partial charge >= 0.3 is 0 Å². The largest absolute Gasteiger partial charge is 0.467 e. The Kier molecular flexibility index (Phi) is 6.38. The van der Waals surface area contributed by atoms with E-state index in [1.54, 1.807) is 11.0 Å². The van der Waals surface area contributed by atoms with Crippen molar-refractivity contribution in [3.05, 3.63) is 23.7 Å². The van der Waals surface area contributed by atoms with Gasteiger partial charge in [-0.1, -0.05) is 19.3 Å². The smallest absolute Gasteiger partial charge is 0.256 e. The van der Waals surface area contributed by atoms with Gasteiger partial charge in [0, 0.05) is 13.6 Å². The molecule has 1 aliphatic rings. The summed E-state index contributed by atoms with van der Waals surface area (Å²) in [5, 5.41) is 0. The molecule has 2 rings (SSSR count). The summed E-state index contributed by atoms with van der Waals surface area (Å²) in [5.41, 5.74) is 6.08. The standard InChI is InChI=1S/C14H22N2O2.ClH/c1-16(9-11-5-3-2-4-6-11)14(17)12-7-13(8-15)18-10-12;/h7,10-11H,2-6,8-9,15H2,1H3;1H. The lowest BCUT2D eigenvalue weighted by Gasteiger charge is -2.26. The average molecular weight is 287 g/mol. The van der Waals surface area contributed by atoms with Gasteiger partial charge in [-0.05, 0) is 24.8 Å². The van der Waals surface area contributed by atoms with Crippen molar-refractivity contribution >= 4 is 18.3 Å². The third kappa shape index (κ3) is 4.25. The van der Waals surface area contributed by atoms with E-state index in [1.807, 2.05) is 7.05 Å². The van der Waals surface area contributed by atoms with Gasteiger partial charge in [0.2, 0.25) is 0 Å². The summed E-state index contributed by atoms with van der Waals surface area (Å²) in [6, 6.07) is 1.74. The molecule has 0 bridgehead atoms. The summed E-state index contributed by atoms with van der Waals surface area (Å²) in [7, 11) is 1.87. The Bertz CT molecular complexity index is 400. The van der Waals surface area contributed by atoms with Crippen LogP contribution >= 0.6 is 12.4 Å². The van der Waals surface area contributed by atoms with Crippen LogP contribution < -0.4 is 5.73 Å². The van der Waals surface area contributed by atoms with Gasteiger partial charge in [0.25, 0.3) is 5.91 Å². The summed E-state index contributed by atoms with van der Waals surface area (Å²) in [6.07, 6.45) is 7.94. The summed E-state index contributed by atoms with van der Waals surface area (Å²) >= 11 is 0. The molecule has 0 saturated heterocycles. The lowest BCUT2D eigenvalue weighted by molar-refractivity contribution is 0.0760. The van der Waals surface area contributed by atoms with Gasteiger partial charge in [-0.3, -0.25) is 4.79 Å². The maximum atomic E-state index is 12.2. The monoisotopic (exact) mass is 286 g/mol. The van der Waals surface area contributed by atoms with Gasteiger partial charge in [-0.25, -0.2) is 0 Å². The highest BCUT2D eigenvalue weighted by molar-refractivity contribution is 5.93. The van der Waals surface area contributed by atoms with Crippen LogP contribution in [0.1, 0.15) is 48.2 Å². The molecule has 1 saturated carbocycles. The molecule has 0 aliphatic heterocycles. The molecule has 0 aromatic carbocycles. The topological polar surface area (TPSA) is 59.5 Å². The predicted octanol–water partition coefficient (Wildman–Crippen LogP) is 2.81. The van der Waals surface area contributed by atoms with Crippen LogP contribution in [0.5, 0.6) is 0 Å². The molecule has 1 aromatic heterocycles. The van der Waals surface area contributed by atoms with Gasteiger partial charge in [-0.15, -0.1) is 12.4 Å². The highest BCUT2D eigenvalue weighted by Gasteiger charge is 2.20. The van der Waals surface area contributed by atoms with E-state index in [4.69, 9.17) is 10.2 Å². The second kappa shape index (κ2) is 7.56. The number of rotatable bonds is 4. The van der Waals surface area contributed by atoms with Crippen LogP contribution in [0, 0.1) is 5.92 Å². The number of hydrogen-bond donors (Lipinski definition) is 1. The maximum Gasteiger partial charge on any atom is 0.256 e. The molecule has 0 spiro atoms. The summed E-state index contributed by atoms with van der Waals surface area (Å²) in [4.78, 5) is 14.0. The normalized spacial score (nSPS) is 15.9. The molecule has 1 amide bonds. The van der Waals surface area contributed by atoms with Crippen molar-refractivity contribution in [3.63, 3.8) is 0 Å². The maximum absolute atomic E-state index is 12.2. The number of hydrogen-bond acceptors (Lipinski definition) is 3. The van der Waals surface area contributed by atoms with Crippen molar-refractivity contribution in [3.8, 4) is 0 Å². The fraction of sp³-hybridized carbons (Fsp3) is 0.643. The van der Waals surface area contributed by atoms with E-state index in [0.717, 1.165) is 6.54 Å². The SMILES string of the molecule is CN(CC1CCCCC1)C(=O)c1coc(CN)c1.Cl.